The second kappa shape index (κ2) is 5.73. The number of hydrogen-bond donors (Lipinski definition) is 1. The van der Waals surface area contributed by atoms with Gasteiger partial charge in [0.1, 0.15) is 5.76 Å². The van der Waals surface area contributed by atoms with Crippen molar-refractivity contribution in [2.24, 2.45) is 0 Å². The molecule has 1 aromatic heterocycles. The van der Waals surface area contributed by atoms with E-state index in [1.54, 1.807) is 0 Å². The number of nitrogens with one attached hydrogen (secondary N) is 1. The van der Waals surface area contributed by atoms with Gasteiger partial charge in [-0.25, -0.2) is 0 Å². The number of furan rings is 1. The lowest BCUT2D eigenvalue weighted by Gasteiger charge is -2.16. The minimum atomic E-state index is 0.00639. The Labute approximate surface area is 127 Å². The maximum atomic E-state index is 6.04. The Morgan fingerprint density at radius 2 is 2.12 bits per heavy atom. The number of benzene rings is 1. The molecule has 1 N–H and O–H groups in total. The number of halogens is 3. The summed E-state index contributed by atoms with van der Waals surface area (Å²) in [5.74, 6) is 0.861. The van der Waals surface area contributed by atoms with Gasteiger partial charge in [-0.15, -0.1) is 0 Å². The van der Waals surface area contributed by atoms with Crippen molar-refractivity contribution in [3.05, 3.63) is 54.9 Å². The van der Waals surface area contributed by atoms with E-state index in [0.29, 0.717) is 0 Å². The first-order valence-corrected chi connectivity index (χ1v) is 7.24. The predicted octanol–water partition coefficient (Wildman–Crippen LogP) is 4.61. The maximum Gasteiger partial charge on any atom is 0.169 e. The molecule has 1 unspecified atom stereocenters. The van der Waals surface area contributed by atoms with E-state index in [0.717, 1.165) is 24.6 Å². The van der Waals surface area contributed by atoms with Crippen LogP contribution in [-0.2, 0) is 0 Å². The average Bonchev–Trinajstić information content (AvgIpc) is 2.71. The standard InChI is InChI=1S/C12H10BrClINO/c1-16-12(10-4-5-11(13)17-10)8-6-7(14)2-3-9(8)15/h2-6,12,16H,1H3. The van der Waals surface area contributed by atoms with E-state index in [-0.39, 0.29) is 6.04 Å². The molecule has 0 saturated heterocycles. The van der Waals surface area contributed by atoms with E-state index < -0.39 is 0 Å². The number of rotatable bonds is 3. The van der Waals surface area contributed by atoms with Gasteiger partial charge in [-0.1, -0.05) is 11.6 Å². The Morgan fingerprint density at radius 3 is 2.71 bits per heavy atom. The van der Waals surface area contributed by atoms with E-state index in [1.807, 2.05) is 37.4 Å². The van der Waals surface area contributed by atoms with Gasteiger partial charge in [0, 0.05) is 8.59 Å². The van der Waals surface area contributed by atoms with Crippen molar-refractivity contribution in [3.8, 4) is 0 Å². The normalized spacial score (nSPS) is 12.7. The summed E-state index contributed by atoms with van der Waals surface area (Å²) in [5.41, 5.74) is 1.11. The molecule has 5 heteroatoms. The maximum absolute atomic E-state index is 6.04. The van der Waals surface area contributed by atoms with Crippen LogP contribution in [0.3, 0.4) is 0 Å². The van der Waals surface area contributed by atoms with Crippen molar-refractivity contribution in [2.45, 2.75) is 6.04 Å². The molecule has 0 saturated carbocycles. The third-order valence-corrected chi connectivity index (χ3v) is 4.08. The fraction of sp³-hybridized carbons (Fsp3) is 0.167. The lowest BCUT2D eigenvalue weighted by atomic mass is 10.1. The van der Waals surface area contributed by atoms with Crippen LogP contribution in [0, 0.1) is 3.57 Å². The molecule has 0 radical (unpaired) electrons. The second-order valence-electron chi connectivity index (χ2n) is 3.53. The summed E-state index contributed by atoms with van der Waals surface area (Å²) >= 11 is 11.6. The predicted molar refractivity (Wildman–Crippen MR) is 81.5 cm³/mol. The van der Waals surface area contributed by atoms with Gasteiger partial charge in [0.2, 0.25) is 0 Å². The highest BCUT2D eigenvalue weighted by Crippen LogP contribution is 2.30. The van der Waals surface area contributed by atoms with Crippen molar-refractivity contribution in [1.29, 1.82) is 0 Å². The summed E-state index contributed by atoms with van der Waals surface area (Å²) in [4.78, 5) is 0. The minimum Gasteiger partial charge on any atom is -0.452 e. The molecule has 2 rings (SSSR count). The summed E-state index contributed by atoms with van der Waals surface area (Å²) in [6.07, 6.45) is 0. The molecule has 0 bridgehead atoms. The van der Waals surface area contributed by atoms with E-state index in [4.69, 9.17) is 16.0 Å². The highest BCUT2D eigenvalue weighted by Gasteiger charge is 2.18. The van der Waals surface area contributed by atoms with Gasteiger partial charge in [0.05, 0.1) is 6.04 Å². The molecular weight excluding hydrogens is 416 g/mol. The molecule has 0 aliphatic rings. The third kappa shape index (κ3) is 3.05. The highest BCUT2D eigenvalue weighted by atomic mass is 127. The van der Waals surface area contributed by atoms with Crippen LogP contribution in [0.2, 0.25) is 5.02 Å². The SMILES string of the molecule is CNC(c1ccc(Br)o1)c1cc(Cl)ccc1I. The number of hydrogen-bond acceptors (Lipinski definition) is 2. The van der Waals surface area contributed by atoms with Crippen LogP contribution < -0.4 is 5.32 Å². The molecule has 0 amide bonds. The van der Waals surface area contributed by atoms with Gasteiger partial charge in [-0.3, -0.25) is 0 Å². The van der Waals surface area contributed by atoms with Crippen molar-refractivity contribution >= 4 is 50.1 Å². The van der Waals surface area contributed by atoms with Crippen LogP contribution >= 0.6 is 50.1 Å². The topological polar surface area (TPSA) is 25.2 Å². The molecular formula is C12H10BrClINO. The Kier molecular flexibility index (Phi) is 4.52. The van der Waals surface area contributed by atoms with Crippen molar-refractivity contribution in [2.75, 3.05) is 7.05 Å². The van der Waals surface area contributed by atoms with Crippen LogP contribution in [0.25, 0.3) is 0 Å². The van der Waals surface area contributed by atoms with E-state index in [2.05, 4.69) is 43.8 Å². The summed E-state index contributed by atoms with van der Waals surface area (Å²) < 4.78 is 7.47. The lowest BCUT2D eigenvalue weighted by Crippen LogP contribution is -2.18. The van der Waals surface area contributed by atoms with Crippen LogP contribution in [-0.4, -0.2) is 7.05 Å². The zero-order valence-corrected chi connectivity index (χ0v) is 13.5. The van der Waals surface area contributed by atoms with E-state index in [9.17, 15) is 0 Å². The van der Waals surface area contributed by atoms with Gasteiger partial charge >= 0.3 is 0 Å². The zero-order valence-electron chi connectivity index (χ0n) is 9.01. The van der Waals surface area contributed by atoms with Crippen LogP contribution in [0.5, 0.6) is 0 Å². The van der Waals surface area contributed by atoms with Gasteiger partial charge in [-0.05, 0) is 81.5 Å². The smallest absolute Gasteiger partial charge is 0.169 e. The summed E-state index contributed by atoms with van der Waals surface area (Å²) in [6.45, 7) is 0. The quantitative estimate of drug-likeness (QED) is 0.726. The van der Waals surface area contributed by atoms with Gasteiger partial charge < -0.3 is 9.73 Å². The van der Waals surface area contributed by atoms with Crippen molar-refractivity contribution in [3.63, 3.8) is 0 Å². The Bertz CT molecular complexity index is 529. The van der Waals surface area contributed by atoms with E-state index in [1.165, 1.54) is 0 Å². The monoisotopic (exact) mass is 425 g/mol. The Morgan fingerprint density at radius 1 is 1.35 bits per heavy atom. The van der Waals surface area contributed by atoms with Crippen molar-refractivity contribution < 1.29 is 4.42 Å². The van der Waals surface area contributed by atoms with Gasteiger partial charge in [0.15, 0.2) is 4.67 Å². The second-order valence-corrected chi connectivity index (χ2v) is 5.91. The van der Waals surface area contributed by atoms with Crippen LogP contribution in [0.15, 0.2) is 39.4 Å². The summed E-state index contributed by atoms with van der Waals surface area (Å²) in [5, 5.41) is 3.97. The van der Waals surface area contributed by atoms with Gasteiger partial charge in [0.25, 0.3) is 0 Å². The Hall–Kier alpha value is -0.0400. The molecule has 2 nitrogen and oxygen atoms in total. The zero-order chi connectivity index (χ0) is 12.4. The highest BCUT2D eigenvalue weighted by molar-refractivity contribution is 14.1. The van der Waals surface area contributed by atoms with E-state index >= 15 is 0 Å². The molecule has 0 aliphatic carbocycles. The summed E-state index contributed by atoms with van der Waals surface area (Å²) in [6, 6.07) is 9.69. The molecule has 0 spiro atoms. The fourth-order valence-electron chi connectivity index (χ4n) is 1.67. The fourth-order valence-corrected chi connectivity index (χ4v) is 2.82. The Balaban J connectivity index is 2.45. The largest absolute Gasteiger partial charge is 0.452 e. The molecule has 90 valence electrons. The average molecular weight is 426 g/mol. The lowest BCUT2D eigenvalue weighted by molar-refractivity contribution is 0.446. The van der Waals surface area contributed by atoms with Gasteiger partial charge in [-0.2, -0.15) is 0 Å². The molecule has 0 fully saturated rings. The molecule has 1 aromatic carbocycles. The first-order valence-electron chi connectivity index (χ1n) is 4.99. The first-order chi connectivity index (χ1) is 8.11. The van der Waals surface area contributed by atoms with Crippen molar-refractivity contribution in [1.82, 2.24) is 5.32 Å². The molecule has 2 aromatic rings. The summed E-state index contributed by atoms with van der Waals surface area (Å²) in [7, 11) is 1.90. The van der Waals surface area contributed by atoms with Crippen LogP contribution in [0.1, 0.15) is 17.4 Å². The van der Waals surface area contributed by atoms with Crippen LogP contribution in [0.4, 0.5) is 0 Å². The molecule has 1 atom stereocenters. The molecule has 1 heterocycles. The molecule has 17 heavy (non-hydrogen) atoms. The third-order valence-electron chi connectivity index (χ3n) is 2.44. The molecule has 0 aliphatic heterocycles. The minimum absolute atomic E-state index is 0.00639. The first kappa shape index (κ1) is 13.4.